The van der Waals surface area contributed by atoms with Crippen molar-refractivity contribution in [1.82, 2.24) is 9.97 Å². The highest BCUT2D eigenvalue weighted by Gasteiger charge is 2.30. The number of rotatable bonds is 3. The van der Waals surface area contributed by atoms with E-state index in [9.17, 15) is 0 Å². The zero-order valence-corrected chi connectivity index (χ0v) is 10.7. The number of nitrogens with two attached hydrogens (primary N) is 1. The Morgan fingerprint density at radius 1 is 1.47 bits per heavy atom. The highest BCUT2D eigenvalue weighted by atomic mass is 16.5. The van der Waals surface area contributed by atoms with Crippen molar-refractivity contribution in [3.8, 4) is 0 Å². The van der Waals surface area contributed by atoms with E-state index in [4.69, 9.17) is 10.5 Å². The summed E-state index contributed by atoms with van der Waals surface area (Å²) in [6.45, 7) is 6.97. The van der Waals surface area contributed by atoms with E-state index < -0.39 is 0 Å². The summed E-state index contributed by atoms with van der Waals surface area (Å²) in [4.78, 5) is 10.9. The lowest BCUT2D eigenvalue weighted by atomic mass is 9.93. The molecule has 0 amide bonds. The Labute approximate surface area is 102 Å². The Morgan fingerprint density at radius 3 is 2.82 bits per heavy atom. The molecule has 1 aliphatic rings. The van der Waals surface area contributed by atoms with Crippen LogP contribution in [0.25, 0.3) is 0 Å². The normalized spacial score (nSPS) is 18.6. The van der Waals surface area contributed by atoms with Gasteiger partial charge >= 0.3 is 0 Å². The molecule has 0 radical (unpaired) electrons. The summed E-state index contributed by atoms with van der Waals surface area (Å²) in [5.74, 6) is 2.06. The summed E-state index contributed by atoms with van der Waals surface area (Å²) in [6, 6.07) is 1.83. The molecule has 1 aromatic rings. The minimum absolute atomic E-state index is 0.348. The molecule has 2 heterocycles. The molecule has 2 N–H and O–H groups in total. The first-order valence-electron chi connectivity index (χ1n) is 5.87. The molecule has 1 aliphatic heterocycles. The zero-order valence-electron chi connectivity index (χ0n) is 10.7. The van der Waals surface area contributed by atoms with Gasteiger partial charge in [0, 0.05) is 26.3 Å². The average Bonchev–Trinajstić information content (AvgIpc) is 2.58. The monoisotopic (exact) mass is 236 g/mol. The fourth-order valence-electron chi connectivity index (χ4n) is 2.17. The third kappa shape index (κ3) is 2.85. The van der Waals surface area contributed by atoms with Crippen molar-refractivity contribution in [2.24, 2.45) is 5.41 Å². The van der Waals surface area contributed by atoms with Crippen molar-refractivity contribution < 1.29 is 4.74 Å². The molecule has 0 bridgehead atoms. The number of aromatic nitrogens is 2. The third-order valence-corrected chi connectivity index (χ3v) is 3.05. The Bertz CT molecular complexity index is 405. The van der Waals surface area contributed by atoms with E-state index in [1.165, 1.54) is 6.42 Å². The fourth-order valence-corrected chi connectivity index (χ4v) is 2.17. The largest absolute Gasteiger partial charge is 0.384 e. The Morgan fingerprint density at radius 2 is 2.24 bits per heavy atom. The highest BCUT2D eigenvalue weighted by Crippen LogP contribution is 2.31. The van der Waals surface area contributed by atoms with Crippen molar-refractivity contribution >= 4 is 11.6 Å². The average molecular weight is 236 g/mol. The molecule has 94 valence electrons. The molecule has 0 atom stereocenters. The summed E-state index contributed by atoms with van der Waals surface area (Å²) < 4.78 is 5.04. The molecule has 1 saturated heterocycles. The third-order valence-electron chi connectivity index (χ3n) is 3.05. The second-order valence-electron chi connectivity index (χ2n) is 5.34. The van der Waals surface area contributed by atoms with E-state index in [2.05, 4.69) is 28.7 Å². The number of hydrogen-bond acceptors (Lipinski definition) is 5. The minimum Gasteiger partial charge on any atom is -0.384 e. The topological polar surface area (TPSA) is 64.3 Å². The van der Waals surface area contributed by atoms with E-state index in [0.29, 0.717) is 23.7 Å². The van der Waals surface area contributed by atoms with Gasteiger partial charge in [-0.2, -0.15) is 0 Å². The van der Waals surface area contributed by atoms with Gasteiger partial charge in [0.05, 0.1) is 0 Å². The molecule has 0 aliphatic carbocycles. The van der Waals surface area contributed by atoms with Crippen LogP contribution in [0.1, 0.15) is 26.1 Å². The zero-order chi connectivity index (χ0) is 12.5. The molecule has 5 heteroatoms. The Hall–Kier alpha value is -1.36. The van der Waals surface area contributed by atoms with Gasteiger partial charge in [-0.25, -0.2) is 9.97 Å². The number of methoxy groups -OCH3 is 1. The van der Waals surface area contributed by atoms with Crippen LogP contribution in [0, 0.1) is 5.41 Å². The maximum Gasteiger partial charge on any atom is 0.158 e. The van der Waals surface area contributed by atoms with Gasteiger partial charge in [-0.15, -0.1) is 0 Å². The lowest BCUT2D eigenvalue weighted by molar-refractivity contribution is 0.178. The van der Waals surface area contributed by atoms with Crippen molar-refractivity contribution in [1.29, 1.82) is 0 Å². The predicted octanol–water partition coefficient (Wildman–Crippen LogP) is 1.44. The van der Waals surface area contributed by atoms with Gasteiger partial charge in [0.2, 0.25) is 0 Å². The van der Waals surface area contributed by atoms with Crippen LogP contribution < -0.4 is 10.6 Å². The van der Waals surface area contributed by atoms with Gasteiger partial charge in [0.1, 0.15) is 18.2 Å². The van der Waals surface area contributed by atoms with Crippen LogP contribution in [0.3, 0.4) is 0 Å². The summed E-state index contributed by atoms with van der Waals surface area (Å²) >= 11 is 0. The van der Waals surface area contributed by atoms with E-state index in [0.717, 1.165) is 18.9 Å². The number of hydrogen-bond donors (Lipinski definition) is 1. The van der Waals surface area contributed by atoms with Crippen molar-refractivity contribution in [2.45, 2.75) is 26.9 Å². The van der Waals surface area contributed by atoms with Gasteiger partial charge in [0.15, 0.2) is 5.82 Å². The Kier molecular flexibility index (Phi) is 3.19. The second kappa shape index (κ2) is 4.49. The van der Waals surface area contributed by atoms with Gasteiger partial charge in [-0.05, 0) is 11.8 Å². The van der Waals surface area contributed by atoms with Crippen LogP contribution in [0.5, 0.6) is 0 Å². The van der Waals surface area contributed by atoms with Crippen LogP contribution in [0.15, 0.2) is 6.07 Å². The van der Waals surface area contributed by atoms with Crippen molar-refractivity contribution in [3.63, 3.8) is 0 Å². The molecule has 2 rings (SSSR count). The molecule has 0 spiro atoms. The molecular weight excluding hydrogens is 216 g/mol. The van der Waals surface area contributed by atoms with Crippen molar-refractivity contribution in [3.05, 3.63) is 11.9 Å². The van der Waals surface area contributed by atoms with Crippen LogP contribution >= 0.6 is 0 Å². The van der Waals surface area contributed by atoms with Crippen LogP contribution in [0.2, 0.25) is 0 Å². The molecule has 0 saturated carbocycles. The van der Waals surface area contributed by atoms with Crippen LogP contribution in [-0.4, -0.2) is 30.2 Å². The highest BCUT2D eigenvalue weighted by molar-refractivity contribution is 5.48. The standard InChI is InChI=1S/C12H20N4O/c1-12(2)4-5-16(8-12)11-6-9(13)14-10(15-11)7-17-3/h6H,4-5,7-8H2,1-3H3,(H2,13,14,15). The van der Waals surface area contributed by atoms with Crippen molar-refractivity contribution in [2.75, 3.05) is 30.8 Å². The maximum atomic E-state index is 5.79. The molecule has 17 heavy (non-hydrogen) atoms. The lowest BCUT2D eigenvalue weighted by Crippen LogP contribution is -2.24. The van der Waals surface area contributed by atoms with Gasteiger partial charge in [-0.1, -0.05) is 13.8 Å². The maximum absolute atomic E-state index is 5.79. The predicted molar refractivity (Wildman–Crippen MR) is 67.8 cm³/mol. The first-order chi connectivity index (χ1) is 8.00. The molecule has 1 fully saturated rings. The van der Waals surface area contributed by atoms with E-state index in [-0.39, 0.29) is 0 Å². The number of nitrogens with zero attached hydrogens (tertiary/aromatic N) is 3. The number of ether oxygens (including phenoxy) is 1. The summed E-state index contributed by atoms with van der Waals surface area (Å²) in [5.41, 5.74) is 6.14. The first-order valence-corrected chi connectivity index (χ1v) is 5.87. The van der Waals surface area contributed by atoms with Crippen LogP contribution in [-0.2, 0) is 11.3 Å². The molecule has 0 aromatic carbocycles. The minimum atomic E-state index is 0.348. The number of nitrogen functional groups attached to an aromatic ring is 1. The van der Waals surface area contributed by atoms with Crippen LogP contribution in [0.4, 0.5) is 11.6 Å². The van der Waals surface area contributed by atoms with Gasteiger partial charge in [0.25, 0.3) is 0 Å². The molecule has 1 aromatic heterocycles. The molecule has 0 unspecified atom stereocenters. The second-order valence-corrected chi connectivity index (χ2v) is 5.34. The van der Waals surface area contributed by atoms with E-state index in [1.807, 2.05) is 6.07 Å². The first kappa shape index (κ1) is 12.1. The SMILES string of the molecule is COCc1nc(N)cc(N2CCC(C)(C)C2)n1. The quantitative estimate of drug-likeness (QED) is 0.860. The Balaban J connectivity index is 2.21. The smallest absolute Gasteiger partial charge is 0.158 e. The van der Waals surface area contributed by atoms with Gasteiger partial charge < -0.3 is 15.4 Å². The summed E-state index contributed by atoms with van der Waals surface area (Å²) in [5, 5.41) is 0. The van der Waals surface area contributed by atoms with E-state index >= 15 is 0 Å². The summed E-state index contributed by atoms with van der Waals surface area (Å²) in [7, 11) is 1.63. The van der Waals surface area contributed by atoms with Gasteiger partial charge in [-0.3, -0.25) is 0 Å². The number of anilines is 2. The molecule has 5 nitrogen and oxygen atoms in total. The lowest BCUT2D eigenvalue weighted by Gasteiger charge is -2.21. The molecular formula is C12H20N4O. The fraction of sp³-hybridized carbons (Fsp3) is 0.667. The van der Waals surface area contributed by atoms with E-state index in [1.54, 1.807) is 7.11 Å². The summed E-state index contributed by atoms with van der Waals surface area (Å²) in [6.07, 6.45) is 1.18.